The van der Waals surface area contributed by atoms with Crippen LogP contribution in [0.1, 0.15) is 12.2 Å². The van der Waals surface area contributed by atoms with Crippen molar-refractivity contribution in [2.75, 3.05) is 13.2 Å². The van der Waals surface area contributed by atoms with E-state index < -0.39 is 0 Å². The maximum absolute atomic E-state index is 9.43. The molecule has 5 heteroatoms. The molecule has 1 N–H and O–H groups in total. The topological polar surface area (TPSA) is 59.7 Å². The van der Waals surface area contributed by atoms with Gasteiger partial charge >= 0.3 is 0 Å². The summed E-state index contributed by atoms with van der Waals surface area (Å²) in [7, 11) is 0. The molecule has 1 unspecified atom stereocenters. The highest BCUT2D eigenvalue weighted by molar-refractivity contribution is 5.40. The molecule has 1 atom stereocenters. The first-order valence-corrected chi connectivity index (χ1v) is 5.43. The first-order valence-electron chi connectivity index (χ1n) is 5.43. The molecule has 2 aromatic heterocycles. The summed E-state index contributed by atoms with van der Waals surface area (Å²) in [5.41, 5.74) is 0.770. The zero-order chi connectivity index (χ0) is 11.0. The smallest absolute Gasteiger partial charge is 0.161 e. The average Bonchev–Trinajstić information content (AvgIpc) is 2.90. The van der Waals surface area contributed by atoms with Crippen LogP contribution in [0.25, 0.3) is 5.65 Å². The molecule has 16 heavy (non-hydrogen) atoms. The summed E-state index contributed by atoms with van der Waals surface area (Å²) in [6.45, 7) is 1.64. The van der Waals surface area contributed by atoms with Gasteiger partial charge in [-0.25, -0.2) is 0 Å². The fraction of sp³-hybridized carbons (Fsp3) is 0.455. The largest absolute Gasteiger partial charge is 0.506 e. The predicted octanol–water partition coefficient (Wildman–Crippen LogP) is 1.01. The van der Waals surface area contributed by atoms with Crippen molar-refractivity contribution in [1.82, 2.24) is 14.6 Å². The molecule has 0 radical (unpaired) electrons. The Morgan fingerprint density at radius 2 is 2.38 bits per heavy atom. The van der Waals surface area contributed by atoms with Crippen LogP contribution in [-0.4, -0.2) is 32.9 Å². The van der Waals surface area contributed by atoms with Crippen LogP contribution in [0.4, 0.5) is 0 Å². The van der Waals surface area contributed by atoms with Crippen LogP contribution in [0.3, 0.4) is 0 Å². The van der Waals surface area contributed by atoms with E-state index in [1.807, 2.05) is 4.40 Å². The third-order valence-corrected chi connectivity index (χ3v) is 2.95. The van der Waals surface area contributed by atoms with Gasteiger partial charge in [-0.15, -0.1) is 10.2 Å². The van der Waals surface area contributed by atoms with Gasteiger partial charge in [0.05, 0.1) is 6.20 Å². The van der Waals surface area contributed by atoms with Gasteiger partial charge in [-0.2, -0.15) is 0 Å². The van der Waals surface area contributed by atoms with Gasteiger partial charge in [-0.1, -0.05) is 0 Å². The molecule has 0 spiro atoms. The van der Waals surface area contributed by atoms with Crippen molar-refractivity contribution in [3.63, 3.8) is 0 Å². The standard InChI is InChI=1S/C11H13N3O2/c15-9-1-2-10-12-13-11(14(10)6-9)5-8-3-4-16-7-8/h1-2,6,8,15H,3-5,7H2. The minimum atomic E-state index is 0.233. The Morgan fingerprint density at radius 1 is 1.44 bits per heavy atom. The maximum Gasteiger partial charge on any atom is 0.161 e. The summed E-state index contributed by atoms with van der Waals surface area (Å²) in [6, 6.07) is 3.38. The van der Waals surface area contributed by atoms with Crippen molar-refractivity contribution in [2.45, 2.75) is 12.8 Å². The Morgan fingerprint density at radius 3 is 3.19 bits per heavy atom. The second-order valence-corrected chi connectivity index (χ2v) is 4.17. The van der Waals surface area contributed by atoms with Gasteiger partial charge in [-0.3, -0.25) is 4.40 Å². The van der Waals surface area contributed by atoms with Crippen LogP contribution < -0.4 is 0 Å². The minimum absolute atomic E-state index is 0.233. The van der Waals surface area contributed by atoms with E-state index in [0.717, 1.165) is 37.5 Å². The number of rotatable bonds is 2. The molecule has 84 valence electrons. The van der Waals surface area contributed by atoms with E-state index in [1.54, 1.807) is 18.3 Å². The average molecular weight is 219 g/mol. The zero-order valence-electron chi connectivity index (χ0n) is 8.83. The number of aromatic nitrogens is 3. The molecule has 1 fully saturated rings. The van der Waals surface area contributed by atoms with E-state index in [9.17, 15) is 5.11 Å². The maximum atomic E-state index is 9.43. The first kappa shape index (κ1) is 9.59. The molecule has 0 bridgehead atoms. The van der Waals surface area contributed by atoms with E-state index >= 15 is 0 Å². The lowest BCUT2D eigenvalue weighted by Gasteiger charge is -2.05. The molecule has 5 nitrogen and oxygen atoms in total. The van der Waals surface area contributed by atoms with E-state index in [4.69, 9.17) is 4.74 Å². The number of ether oxygens (including phenoxy) is 1. The van der Waals surface area contributed by atoms with Gasteiger partial charge in [-0.05, 0) is 24.5 Å². The molecular formula is C11H13N3O2. The summed E-state index contributed by atoms with van der Waals surface area (Å²) >= 11 is 0. The van der Waals surface area contributed by atoms with Crippen LogP contribution in [-0.2, 0) is 11.2 Å². The van der Waals surface area contributed by atoms with Crippen molar-refractivity contribution in [3.8, 4) is 5.75 Å². The molecule has 2 aromatic rings. The van der Waals surface area contributed by atoms with Gasteiger partial charge in [0, 0.05) is 19.6 Å². The number of hydrogen-bond acceptors (Lipinski definition) is 4. The molecule has 0 saturated carbocycles. The Balaban J connectivity index is 1.93. The molecule has 1 aliphatic heterocycles. The van der Waals surface area contributed by atoms with Crippen molar-refractivity contribution in [2.24, 2.45) is 5.92 Å². The lowest BCUT2D eigenvalue weighted by atomic mass is 10.1. The van der Waals surface area contributed by atoms with Gasteiger partial charge in [0.2, 0.25) is 0 Å². The van der Waals surface area contributed by atoms with Crippen LogP contribution in [0.15, 0.2) is 18.3 Å². The number of hydrogen-bond donors (Lipinski definition) is 1. The molecular weight excluding hydrogens is 206 g/mol. The van der Waals surface area contributed by atoms with Gasteiger partial charge in [0.1, 0.15) is 11.6 Å². The molecule has 0 amide bonds. The predicted molar refractivity (Wildman–Crippen MR) is 57.3 cm³/mol. The summed E-state index contributed by atoms with van der Waals surface area (Å²) in [5.74, 6) is 1.65. The van der Waals surface area contributed by atoms with Crippen LogP contribution in [0.5, 0.6) is 5.75 Å². The molecule has 3 heterocycles. The van der Waals surface area contributed by atoms with Gasteiger partial charge in [0.25, 0.3) is 0 Å². The fourth-order valence-electron chi connectivity index (χ4n) is 2.07. The molecule has 0 aliphatic carbocycles. The van der Waals surface area contributed by atoms with Crippen molar-refractivity contribution < 1.29 is 9.84 Å². The lowest BCUT2D eigenvalue weighted by Crippen LogP contribution is -2.07. The van der Waals surface area contributed by atoms with Crippen molar-refractivity contribution in [1.29, 1.82) is 0 Å². The Labute approximate surface area is 92.7 Å². The zero-order valence-corrected chi connectivity index (χ0v) is 8.83. The van der Waals surface area contributed by atoms with E-state index in [2.05, 4.69) is 10.2 Å². The highest BCUT2D eigenvalue weighted by Crippen LogP contribution is 2.19. The van der Waals surface area contributed by atoms with Crippen molar-refractivity contribution >= 4 is 5.65 Å². The molecule has 1 saturated heterocycles. The number of nitrogens with zero attached hydrogens (tertiary/aromatic N) is 3. The van der Waals surface area contributed by atoms with Gasteiger partial charge < -0.3 is 9.84 Å². The highest BCUT2D eigenvalue weighted by atomic mass is 16.5. The van der Waals surface area contributed by atoms with Crippen LogP contribution in [0, 0.1) is 5.92 Å². The third kappa shape index (κ3) is 1.63. The van der Waals surface area contributed by atoms with Crippen LogP contribution in [0.2, 0.25) is 0 Å². The quantitative estimate of drug-likeness (QED) is 0.819. The first-order chi connectivity index (χ1) is 7.83. The Kier molecular flexibility index (Phi) is 2.25. The SMILES string of the molecule is Oc1ccc2nnc(CC3CCOC3)n2c1. The highest BCUT2D eigenvalue weighted by Gasteiger charge is 2.18. The van der Waals surface area contributed by atoms with Gasteiger partial charge in [0.15, 0.2) is 5.65 Å². The summed E-state index contributed by atoms with van der Waals surface area (Å²) in [6.07, 6.45) is 3.58. The summed E-state index contributed by atoms with van der Waals surface area (Å²) < 4.78 is 7.18. The lowest BCUT2D eigenvalue weighted by molar-refractivity contribution is 0.185. The summed E-state index contributed by atoms with van der Waals surface area (Å²) in [5, 5.41) is 17.6. The Hall–Kier alpha value is -1.62. The molecule has 1 aliphatic rings. The molecule has 3 rings (SSSR count). The summed E-state index contributed by atoms with van der Waals surface area (Å²) in [4.78, 5) is 0. The second-order valence-electron chi connectivity index (χ2n) is 4.17. The van der Waals surface area contributed by atoms with E-state index in [-0.39, 0.29) is 5.75 Å². The third-order valence-electron chi connectivity index (χ3n) is 2.95. The number of pyridine rings is 1. The minimum Gasteiger partial charge on any atom is -0.506 e. The second kappa shape index (κ2) is 3.75. The normalized spacial score (nSPS) is 20.6. The number of aromatic hydroxyl groups is 1. The molecule has 0 aromatic carbocycles. The van der Waals surface area contributed by atoms with E-state index in [1.165, 1.54) is 0 Å². The van der Waals surface area contributed by atoms with Crippen molar-refractivity contribution in [3.05, 3.63) is 24.2 Å². The Bertz CT molecular complexity index is 503. The van der Waals surface area contributed by atoms with E-state index in [0.29, 0.717) is 5.92 Å². The number of fused-ring (bicyclic) bond motifs is 1. The van der Waals surface area contributed by atoms with Crippen LogP contribution >= 0.6 is 0 Å². The monoisotopic (exact) mass is 219 g/mol. The fourth-order valence-corrected chi connectivity index (χ4v) is 2.07.